The largest absolute Gasteiger partial charge is 0.417 e. The maximum Gasteiger partial charge on any atom is 0.399 e. The maximum absolute atomic E-state index is 5.90. The zero-order valence-electron chi connectivity index (χ0n) is 8.54. The molecule has 0 aliphatic rings. The lowest BCUT2D eigenvalue weighted by Crippen LogP contribution is -1.86. The number of nitrogens with zero attached hydrogens (tertiary/aromatic N) is 1. The minimum atomic E-state index is 0.178. The lowest BCUT2D eigenvalue weighted by atomic mass is 10.2. The van der Waals surface area contributed by atoms with Crippen molar-refractivity contribution in [3.05, 3.63) is 40.7 Å². The zero-order chi connectivity index (χ0) is 11.5. The molecule has 0 N–H and O–H groups in total. The third kappa shape index (κ3) is 2.49. The van der Waals surface area contributed by atoms with E-state index < -0.39 is 0 Å². The van der Waals surface area contributed by atoms with E-state index in [2.05, 4.69) is 4.98 Å². The summed E-state index contributed by atoms with van der Waals surface area (Å²) in [5, 5.41) is 0.696. The van der Waals surface area contributed by atoms with Crippen molar-refractivity contribution in [1.82, 2.24) is 4.98 Å². The van der Waals surface area contributed by atoms with Crippen molar-refractivity contribution < 1.29 is 9.15 Å². The lowest BCUT2D eigenvalue weighted by molar-refractivity contribution is 0.330. The van der Waals surface area contributed by atoms with Crippen LogP contribution >= 0.6 is 23.2 Å². The van der Waals surface area contributed by atoms with Gasteiger partial charge in [-0.25, -0.2) is 0 Å². The van der Waals surface area contributed by atoms with Crippen LogP contribution in [0, 0.1) is 6.92 Å². The average Bonchev–Trinajstić information content (AvgIpc) is 2.71. The molecule has 2 rings (SSSR count). The minimum Gasteiger partial charge on any atom is -0.417 e. The fourth-order valence-corrected chi connectivity index (χ4v) is 1.42. The third-order valence-electron chi connectivity index (χ3n) is 2.00. The second kappa shape index (κ2) is 4.76. The van der Waals surface area contributed by atoms with Gasteiger partial charge in [-0.15, -0.1) is 11.6 Å². The highest BCUT2D eigenvalue weighted by Gasteiger charge is 2.06. The molecule has 0 bridgehead atoms. The maximum atomic E-state index is 5.90. The topological polar surface area (TPSA) is 35.3 Å². The van der Waals surface area contributed by atoms with Crippen molar-refractivity contribution in [3.63, 3.8) is 0 Å². The molecule has 0 saturated carbocycles. The second-order valence-electron chi connectivity index (χ2n) is 3.25. The molecule has 0 aliphatic heterocycles. The van der Waals surface area contributed by atoms with Crippen LogP contribution in [0.4, 0.5) is 0 Å². The van der Waals surface area contributed by atoms with Gasteiger partial charge in [-0.3, -0.25) is 0 Å². The summed E-state index contributed by atoms with van der Waals surface area (Å²) in [4.78, 5) is 4.02. The summed E-state index contributed by atoms with van der Waals surface area (Å²) in [5.41, 5.74) is 1.57. The Morgan fingerprint density at radius 2 is 2.25 bits per heavy atom. The van der Waals surface area contributed by atoms with E-state index in [9.17, 15) is 0 Å². The number of hydrogen-bond acceptors (Lipinski definition) is 3. The first kappa shape index (κ1) is 11.3. The molecule has 0 unspecified atom stereocenters. The molecule has 0 fully saturated rings. The van der Waals surface area contributed by atoms with Crippen LogP contribution in [0.1, 0.15) is 11.3 Å². The normalized spacial score (nSPS) is 10.4. The zero-order valence-corrected chi connectivity index (χ0v) is 10.0. The molecular weight excluding hydrogens is 249 g/mol. The van der Waals surface area contributed by atoms with E-state index >= 15 is 0 Å². The first-order valence-corrected chi connectivity index (χ1v) is 5.54. The van der Waals surface area contributed by atoms with Gasteiger partial charge in [0.05, 0.1) is 11.6 Å². The Balaban J connectivity index is 2.17. The van der Waals surface area contributed by atoms with Gasteiger partial charge >= 0.3 is 6.08 Å². The standard InChI is InChI=1S/C11H9Cl2NO2/c1-7-4-9(2-3-10(7)13)16-11-14-8(5-12)6-15-11/h2-4,6H,5H2,1H3. The number of benzene rings is 1. The molecular formula is C11H9Cl2NO2. The van der Waals surface area contributed by atoms with Crippen molar-refractivity contribution in [2.45, 2.75) is 12.8 Å². The highest BCUT2D eigenvalue weighted by molar-refractivity contribution is 6.31. The molecule has 1 heterocycles. The van der Waals surface area contributed by atoms with Crippen molar-refractivity contribution in [1.29, 1.82) is 0 Å². The van der Waals surface area contributed by atoms with Gasteiger partial charge in [-0.05, 0) is 30.7 Å². The highest BCUT2D eigenvalue weighted by atomic mass is 35.5. The van der Waals surface area contributed by atoms with E-state index in [-0.39, 0.29) is 6.08 Å². The van der Waals surface area contributed by atoms with E-state index in [0.29, 0.717) is 22.3 Å². The van der Waals surface area contributed by atoms with Crippen LogP contribution in [0.3, 0.4) is 0 Å². The fraction of sp³-hybridized carbons (Fsp3) is 0.182. The number of aromatic nitrogens is 1. The number of aryl methyl sites for hydroxylation is 1. The average molecular weight is 258 g/mol. The first-order valence-electron chi connectivity index (χ1n) is 4.63. The molecule has 1 aromatic carbocycles. The Morgan fingerprint density at radius 1 is 1.44 bits per heavy atom. The van der Waals surface area contributed by atoms with Crippen LogP contribution in [-0.2, 0) is 5.88 Å². The molecule has 0 spiro atoms. The van der Waals surface area contributed by atoms with E-state index in [4.69, 9.17) is 32.4 Å². The van der Waals surface area contributed by atoms with Crippen molar-refractivity contribution in [3.8, 4) is 11.8 Å². The fourth-order valence-electron chi connectivity index (χ4n) is 1.18. The van der Waals surface area contributed by atoms with E-state index in [0.717, 1.165) is 5.56 Å². The Labute approximate surface area is 103 Å². The van der Waals surface area contributed by atoms with E-state index in [1.165, 1.54) is 6.26 Å². The molecule has 0 saturated heterocycles. The number of rotatable bonds is 3. The summed E-state index contributed by atoms with van der Waals surface area (Å²) in [6, 6.07) is 5.32. The summed E-state index contributed by atoms with van der Waals surface area (Å²) in [5.74, 6) is 0.928. The van der Waals surface area contributed by atoms with Crippen LogP contribution in [0.5, 0.6) is 11.8 Å². The molecule has 0 atom stereocenters. The molecule has 1 aromatic heterocycles. The monoisotopic (exact) mass is 257 g/mol. The van der Waals surface area contributed by atoms with Gasteiger partial charge in [0.15, 0.2) is 0 Å². The number of alkyl halides is 1. The van der Waals surface area contributed by atoms with Crippen molar-refractivity contribution >= 4 is 23.2 Å². The van der Waals surface area contributed by atoms with Crippen molar-refractivity contribution in [2.24, 2.45) is 0 Å². The summed E-state index contributed by atoms with van der Waals surface area (Å²) < 4.78 is 10.5. The molecule has 84 valence electrons. The number of oxazole rings is 1. The van der Waals surface area contributed by atoms with Gasteiger partial charge in [0.25, 0.3) is 0 Å². The smallest absolute Gasteiger partial charge is 0.399 e. The molecule has 0 aliphatic carbocycles. The molecule has 3 nitrogen and oxygen atoms in total. The number of hydrogen-bond donors (Lipinski definition) is 0. The predicted molar refractivity (Wildman–Crippen MR) is 62.3 cm³/mol. The van der Waals surface area contributed by atoms with Crippen molar-refractivity contribution in [2.75, 3.05) is 0 Å². The first-order chi connectivity index (χ1) is 7.69. The Morgan fingerprint density at radius 3 is 2.88 bits per heavy atom. The molecule has 16 heavy (non-hydrogen) atoms. The van der Waals surface area contributed by atoms with E-state index in [1.54, 1.807) is 12.1 Å². The van der Waals surface area contributed by atoms with Gasteiger partial charge in [0.2, 0.25) is 0 Å². The number of halogens is 2. The molecule has 2 aromatic rings. The van der Waals surface area contributed by atoms with Gasteiger partial charge < -0.3 is 9.15 Å². The van der Waals surface area contributed by atoms with Gasteiger partial charge in [-0.1, -0.05) is 11.6 Å². The molecule has 0 amide bonds. The third-order valence-corrected chi connectivity index (χ3v) is 2.70. The summed E-state index contributed by atoms with van der Waals surface area (Å²) in [6.07, 6.45) is 1.64. The SMILES string of the molecule is Cc1cc(Oc2nc(CCl)co2)ccc1Cl. The van der Waals surface area contributed by atoms with Gasteiger partial charge in [0, 0.05) is 5.02 Å². The van der Waals surface area contributed by atoms with Crippen LogP contribution in [-0.4, -0.2) is 4.98 Å². The predicted octanol–water partition coefficient (Wildman–Crippen LogP) is 4.17. The second-order valence-corrected chi connectivity index (χ2v) is 3.93. The van der Waals surface area contributed by atoms with Crippen LogP contribution in [0.2, 0.25) is 5.02 Å². The Hall–Kier alpha value is -1.19. The molecule has 0 radical (unpaired) electrons. The van der Waals surface area contributed by atoms with Crippen LogP contribution in [0.15, 0.2) is 28.9 Å². The quantitative estimate of drug-likeness (QED) is 0.775. The van der Waals surface area contributed by atoms with Crippen LogP contribution < -0.4 is 4.74 Å². The summed E-state index contributed by atoms with van der Waals surface area (Å²) >= 11 is 11.5. The van der Waals surface area contributed by atoms with Gasteiger partial charge in [-0.2, -0.15) is 4.98 Å². The highest BCUT2D eigenvalue weighted by Crippen LogP contribution is 2.25. The minimum absolute atomic E-state index is 0.178. The van der Waals surface area contributed by atoms with E-state index in [1.807, 2.05) is 13.0 Å². The molecule has 5 heteroatoms. The summed E-state index contributed by atoms with van der Waals surface area (Å²) in [6.45, 7) is 1.90. The lowest BCUT2D eigenvalue weighted by Gasteiger charge is -2.02. The summed E-state index contributed by atoms with van der Waals surface area (Å²) in [7, 11) is 0. The number of ether oxygens (including phenoxy) is 1. The van der Waals surface area contributed by atoms with Crippen LogP contribution in [0.25, 0.3) is 0 Å². The Kier molecular flexibility index (Phi) is 3.36. The van der Waals surface area contributed by atoms with Gasteiger partial charge in [0.1, 0.15) is 12.0 Å². The Bertz CT molecular complexity index is 496.